The molecule has 5 nitrogen and oxygen atoms in total. The van der Waals surface area contributed by atoms with Crippen LogP contribution >= 0.6 is 0 Å². The van der Waals surface area contributed by atoms with Crippen LogP contribution < -0.4 is 5.32 Å². The smallest absolute Gasteiger partial charge is 0.154 e. The lowest BCUT2D eigenvalue weighted by atomic mass is 10.00. The van der Waals surface area contributed by atoms with E-state index in [2.05, 4.69) is 29.6 Å². The van der Waals surface area contributed by atoms with E-state index in [4.69, 9.17) is 14.8 Å². The van der Waals surface area contributed by atoms with Crippen molar-refractivity contribution in [2.24, 2.45) is 0 Å². The Morgan fingerprint density at radius 3 is 2.64 bits per heavy atom. The van der Waals surface area contributed by atoms with Crippen molar-refractivity contribution in [2.75, 3.05) is 19.8 Å². The number of rotatable bonds is 3. The van der Waals surface area contributed by atoms with Crippen LogP contribution in [-0.2, 0) is 4.74 Å². The van der Waals surface area contributed by atoms with Crippen LogP contribution in [0.4, 0.5) is 0 Å². The van der Waals surface area contributed by atoms with E-state index in [0.29, 0.717) is 12.0 Å². The summed E-state index contributed by atoms with van der Waals surface area (Å²) in [7, 11) is 0. The summed E-state index contributed by atoms with van der Waals surface area (Å²) in [5.74, 6) is 2.47. The topological polar surface area (TPSA) is 52.0 Å². The highest BCUT2D eigenvalue weighted by Crippen LogP contribution is 2.29. The molecule has 3 heterocycles. The Hall–Kier alpha value is -1.72. The zero-order valence-electron chi connectivity index (χ0n) is 12.7. The van der Waals surface area contributed by atoms with E-state index in [1.54, 1.807) is 0 Å². The predicted octanol–water partition coefficient (Wildman–Crippen LogP) is 2.59. The number of benzene rings is 1. The van der Waals surface area contributed by atoms with Gasteiger partial charge in [0.25, 0.3) is 0 Å². The molecular formula is C17H22N4O. The van der Waals surface area contributed by atoms with Crippen LogP contribution in [0.3, 0.4) is 0 Å². The maximum Gasteiger partial charge on any atom is 0.154 e. The fourth-order valence-electron chi connectivity index (χ4n) is 3.36. The molecule has 0 aliphatic carbocycles. The lowest BCUT2D eigenvalue weighted by molar-refractivity contribution is 0.0836. The summed E-state index contributed by atoms with van der Waals surface area (Å²) in [6, 6.07) is 10.7. The molecular weight excluding hydrogens is 276 g/mol. The van der Waals surface area contributed by atoms with Crippen LogP contribution in [0.25, 0.3) is 5.69 Å². The van der Waals surface area contributed by atoms with Gasteiger partial charge in [-0.15, -0.1) is 0 Å². The van der Waals surface area contributed by atoms with E-state index in [-0.39, 0.29) is 0 Å². The first-order valence-corrected chi connectivity index (χ1v) is 8.25. The van der Waals surface area contributed by atoms with Crippen molar-refractivity contribution in [3.8, 4) is 5.69 Å². The first kappa shape index (κ1) is 13.9. The Labute approximate surface area is 130 Å². The van der Waals surface area contributed by atoms with Gasteiger partial charge in [0.1, 0.15) is 5.82 Å². The minimum atomic E-state index is 0.321. The van der Waals surface area contributed by atoms with Crippen molar-refractivity contribution in [1.29, 1.82) is 0 Å². The molecule has 5 heteroatoms. The Kier molecular flexibility index (Phi) is 3.91. The maximum absolute atomic E-state index is 5.47. The van der Waals surface area contributed by atoms with Crippen molar-refractivity contribution in [2.45, 2.75) is 37.6 Å². The zero-order valence-corrected chi connectivity index (χ0v) is 12.7. The summed E-state index contributed by atoms with van der Waals surface area (Å²) in [5, 5.41) is 8.41. The van der Waals surface area contributed by atoms with E-state index >= 15 is 0 Å². The van der Waals surface area contributed by atoms with E-state index in [0.717, 1.165) is 56.4 Å². The molecule has 2 aliphatic rings. The van der Waals surface area contributed by atoms with E-state index in [1.807, 2.05) is 10.7 Å². The molecule has 2 aliphatic heterocycles. The van der Waals surface area contributed by atoms with E-state index in [9.17, 15) is 0 Å². The van der Waals surface area contributed by atoms with Gasteiger partial charge in [0.05, 0.1) is 11.7 Å². The molecule has 0 unspecified atom stereocenters. The molecule has 1 aromatic carbocycles. The highest BCUT2D eigenvalue weighted by atomic mass is 16.5. The monoisotopic (exact) mass is 298 g/mol. The van der Waals surface area contributed by atoms with Crippen LogP contribution in [0.2, 0.25) is 0 Å². The second-order valence-corrected chi connectivity index (χ2v) is 6.11. The number of nitrogens with zero attached hydrogens (tertiary/aromatic N) is 3. The third kappa shape index (κ3) is 2.66. The summed E-state index contributed by atoms with van der Waals surface area (Å²) in [6.07, 6.45) is 4.39. The minimum Gasteiger partial charge on any atom is -0.381 e. The molecule has 116 valence electrons. The third-order valence-electron chi connectivity index (χ3n) is 4.61. The summed E-state index contributed by atoms with van der Waals surface area (Å²) >= 11 is 0. The molecule has 2 aromatic rings. The van der Waals surface area contributed by atoms with Gasteiger partial charge in [-0.05, 0) is 44.4 Å². The molecule has 22 heavy (non-hydrogen) atoms. The highest BCUT2D eigenvalue weighted by Gasteiger charge is 2.27. The van der Waals surface area contributed by atoms with Gasteiger partial charge >= 0.3 is 0 Å². The first-order chi connectivity index (χ1) is 10.9. The van der Waals surface area contributed by atoms with Gasteiger partial charge in [-0.3, -0.25) is 0 Å². The molecule has 2 saturated heterocycles. The summed E-state index contributed by atoms with van der Waals surface area (Å²) < 4.78 is 7.50. The van der Waals surface area contributed by atoms with Gasteiger partial charge in [0.2, 0.25) is 0 Å². The maximum atomic E-state index is 5.47. The standard InChI is InChI=1S/C17H22N4O/c1-2-5-14(6-3-1)21-17(15-7-4-10-18-15)19-16(20-21)13-8-11-22-12-9-13/h1-3,5-6,13,15,18H,4,7-12H2/t15-/m1/s1. The average Bonchev–Trinajstić information content (AvgIpc) is 3.26. The van der Waals surface area contributed by atoms with Crippen molar-refractivity contribution >= 4 is 0 Å². The van der Waals surface area contributed by atoms with Gasteiger partial charge in [-0.25, -0.2) is 9.67 Å². The van der Waals surface area contributed by atoms with Crippen molar-refractivity contribution in [3.05, 3.63) is 42.0 Å². The van der Waals surface area contributed by atoms with Gasteiger partial charge in [-0.2, -0.15) is 5.10 Å². The minimum absolute atomic E-state index is 0.321. The van der Waals surface area contributed by atoms with Crippen molar-refractivity contribution in [1.82, 2.24) is 20.1 Å². The number of hydrogen-bond acceptors (Lipinski definition) is 4. The number of hydrogen-bond donors (Lipinski definition) is 1. The van der Waals surface area contributed by atoms with Crippen LogP contribution in [-0.4, -0.2) is 34.5 Å². The Balaban J connectivity index is 1.72. The van der Waals surface area contributed by atoms with Crippen molar-refractivity contribution < 1.29 is 4.74 Å². The Morgan fingerprint density at radius 2 is 1.91 bits per heavy atom. The van der Waals surface area contributed by atoms with E-state index in [1.165, 1.54) is 6.42 Å². The Bertz CT molecular complexity index is 613. The molecule has 2 fully saturated rings. The van der Waals surface area contributed by atoms with Gasteiger partial charge in [-0.1, -0.05) is 18.2 Å². The van der Waals surface area contributed by atoms with Crippen LogP contribution in [0.1, 0.15) is 49.3 Å². The van der Waals surface area contributed by atoms with Crippen LogP contribution in [0, 0.1) is 0 Å². The molecule has 1 N–H and O–H groups in total. The van der Waals surface area contributed by atoms with Gasteiger partial charge in [0.15, 0.2) is 5.82 Å². The van der Waals surface area contributed by atoms with Crippen molar-refractivity contribution in [3.63, 3.8) is 0 Å². The number of para-hydroxylation sites is 1. The summed E-state index contributed by atoms with van der Waals surface area (Å²) in [6.45, 7) is 2.71. The van der Waals surface area contributed by atoms with Crippen LogP contribution in [0.15, 0.2) is 30.3 Å². The van der Waals surface area contributed by atoms with E-state index < -0.39 is 0 Å². The molecule has 1 atom stereocenters. The molecule has 0 radical (unpaired) electrons. The molecule has 0 saturated carbocycles. The second kappa shape index (κ2) is 6.18. The first-order valence-electron chi connectivity index (χ1n) is 8.25. The normalized spacial score (nSPS) is 23.0. The largest absolute Gasteiger partial charge is 0.381 e. The second-order valence-electron chi connectivity index (χ2n) is 6.11. The lowest BCUT2D eigenvalue weighted by Gasteiger charge is -2.18. The fraction of sp³-hybridized carbons (Fsp3) is 0.529. The van der Waals surface area contributed by atoms with Gasteiger partial charge in [0, 0.05) is 19.1 Å². The summed E-state index contributed by atoms with van der Waals surface area (Å²) in [5.41, 5.74) is 1.09. The molecule has 0 bridgehead atoms. The van der Waals surface area contributed by atoms with Crippen LogP contribution in [0.5, 0.6) is 0 Å². The number of nitrogens with one attached hydrogen (secondary N) is 1. The molecule has 1 aromatic heterocycles. The quantitative estimate of drug-likeness (QED) is 0.946. The number of ether oxygens (including phenoxy) is 1. The SMILES string of the molecule is c1ccc(-n2nc(C3CCOCC3)nc2[C@H]2CCCN2)cc1. The predicted molar refractivity (Wildman–Crippen MR) is 84.1 cm³/mol. The molecule has 0 spiro atoms. The molecule has 0 amide bonds. The van der Waals surface area contributed by atoms with Gasteiger partial charge < -0.3 is 10.1 Å². The number of aromatic nitrogens is 3. The fourth-order valence-corrected chi connectivity index (χ4v) is 3.36. The lowest BCUT2D eigenvalue weighted by Crippen LogP contribution is -2.18. The molecule has 4 rings (SSSR count). The Morgan fingerprint density at radius 1 is 1.09 bits per heavy atom. The third-order valence-corrected chi connectivity index (χ3v) is 4.61. The average molecular weight is 298 g/mol. The zero-order chi connectivity index (χ0) is 14.8. The highest BCUT2D eigenvalue weighted by molar-refractivity contribution is 5.32. The summed E-state index contributed by atoms with van der Waals surface area (Å²) in [4.78, 5) is 4.93.